The Morgan fingerprint density at radius 2 is 1.82 bits per heavy atom. The predicted octanol–water partition coefficient (Wildman–Crippen LogP) is 4.32. The van der Waals surface area contributed by atoms with Crippen LogP contribution in [0.2, 0.25) is 0 Å². The molecular weight excluding hydrogens is 508 g/mol. The molecule has 0 radical (unpaired) electrons. The van der Waals surface area contributed by atoms with Gasteiger partial charge in [-0.15, -0.1) is 0 Å². The van der Waals surface area contributed by atoms with Gasteiger partial charge in [-0.3, -0.25) is 9.36 Å². The molecule has 0 spiro atoms. The average Bonchev–Trinajstić information content (AvgIpc) is 3.27. The summed E-state index contributed by atoms with van der Waals surface area (Å²) in [5.41, 5.74) is 4.60. The number of amides is 1. The van der Waals surface area contributed by atoms with Crippen LogP contribution in [0.15, 0.2) is 49.2 Å². The van der Waals surface area contributed by atoms with E-state index < -0.39 is 0 Å². The molecule has 2 aromatic heterocycles. The summed E-state index contributed by atoms with van der Waals surface area (Å²) in [6.07, 6.45) is 3.00. The highest BCUT2D eigenvalue weighted by atomic mass is 16.5. The first-order valence-electron chi connectivity index (χ1n) is 12.8. The van der Waals surface area contributed by atoms with Crippen LogP contribution in [-0.2, 0) is 4.79 Å². The summed E-state index contributed by atoms with van der Waals surface area (Å²) in [5, 5.41) is 6.20. The van der Waals surface area contributed by atoms with E-state index in [1.165, 1.54) is 6.08 Å². The maximum absolute atomic E-state index is 12.3. The Labute approximate surface area is 234 Å². The third-order valence-corrected chi connectivity index (χ3v) is 6.49. The largest absolute Gasteiger partial charge is 0.497 e. The smallest absolute Gasteiger partial charge is 0.247 e. The normalized spacial score (nSPS) is 11.0. The summed E-state index contributed by atoms with van der Waals surface area (Å²) in [5.74, 6) is 2.84. The van der Waals surface area contributed by atoms with Gasteiger partial charge in [0.05, 0.1) is 42.3 Å². The molecule has 0 fully saturated rings. The van der Waals surface area contributed by atoms with Crippen LogP contribution in [0.25, 0.3) is 16.9 Å². The monoisotopic (exact) mass is 544 g/mol. The molecule has 1 amide bonds. The number of ether oxygens (including phenoxy) is 2. The van der Waals surface area contributed by atoms with E-state index in [1.54, 1.807) is 20.4 Å². The SMILES string of the molecule is C=CC(=O)Nc1cc(Nc2ncc(C)c(-n3c(C)nc4cc(OC)ccc43)n2)c(OC)cc1N(C)CCN(C)C. The van der Waals surface area contributed by atoms with Crippen LogP contribution < -0.4 is 25.0 Å². The zero-order valence-electron chi connectivity index (χ0n) is 24.1. The molecule has 2 heterocycles. The lowest BCUT2D eigenvalue weighted by Crippen LogP contribution is -2.29. The minimum Gasteiger partial charge on any atom is -0.497 e. The fraction of sp³-hybridized carbons (Fsp3) is 0.310. The second-order valence-corrected chi connectivity index (χ2v) is 9.66. The van der Waals surface area contributed by atoms with Gasteiger partial charge in [0.25, 0.3) is 0 Å². The van der Waals surface area contributed by atoms with Gasteiger partial charge in [0.1, 0.15) is 23.1 Å². The minimum absolute atomic E-state index is 0.314. The molecule has 0 aliphatic heterocycles. The van der Waals surface area contributed by atoms with E-state index in [0.29, 0.717) is 28.9 Å². The van der Waals surface area contributed by atoms with E-state index in [2.05, 4.69) is 32.0 Å². The highest BCUT2D eigenvalue weighted by molar-refractivity contribution is 6.02. The molecule has 2 aromatic carbocycles. The number of nitrogens with zero attached hydrogens (tertiary/aromatic N) is 6. The lowest BCUT2D eigenvalue weighted by atomic mass is 10.2. The third-order valence-electron chi connectivity index (χ3n) is 6.49. The second-order valence-electron chi connectivity index (χ2n) is 9.66. The Kier molecular flexibility index (Phi) is 8.54. The standard InChI is InChI=1S/C29H36N8O3/c1-9-27(38)32-22-15-23(26(40-8)16-25(22)36(6)13-12-35(4)5)33-29-30-17-18(2)28(34-29)37-19(3)31-21-14-20(39-7)10-11-24(21)37/h9-11,14-17H,1,12-13H2,2-8H3,(H,32,38)(H,30,33,34). The van der Waals surface area contributed by atoms with Gasteiger partial charge in [0.2, 0.25) is 11.9 Å². The van der Waals surface area contributed by atoms with Gasteiger partial charge in [0.15, 0.2) is 0 Å². The van der Waals surface area contributed by atoms with Gasteiger partial charge < -0.3 is 29.9 Å². The van der Waals surface area contributed by atoms with Crippen molar-refractivity contribution < 1.29 is 14.3 Å². The van der Waals surface area contributed by atoms with Crippen molar-refractivity contribution in [2.24, 2.45) is 0 Å². The molecule has 0 saturated carbocycles. The molecule has 4 rings (SSSR count). The zero-order chi connectivity index (χ0) is 29.0. The molecule has 0 atom stereocenters. The van der Waals surface area contributed by atoms with Gasteiger partial charge in [0, 0.05) is 44.0 Å². The van der Waals surface area contributed by atoms with Crippen LogP contribution in [0.3, 0.4) is 0 Å². The number of nitrogens with one attached hydrogen (secondary N) is 2. The first-order chi connectivity index (χ1) is 19.1. The third kappa shape index (κ3) is 5.99. The molecule has 0 aliphatic rings. The Hall–Kier alpha value is -4.64. The van der Waals surface area contributed by atoms with Crippen LogP contribution in [0.4, 0.5) is 23.0 Å². The Bertz CT molecular complexity index is 1550. The summed E-state index contributed by atoms with van der Waals surface area (Å²) in [4.78, 5) is 30.5. The van der Waals surface area contributed by atoms with E-state index in [0.717, 1.165) is 46.9 Å². The van der Waals surface area contributed by atoms with Crippen molar-refractivity contribution in [3.8, 4) is 17.3 Å². The van der Waals surface area contributed by atoms with Gasteiger partial charge in [-0.2, -0.15) is 4.98 Å². The first kappa shape index (κ1) is 28.4. The Morgan fingerprint density at radius 1 is 1.05 bits per heavy atom. The Balaban J connectivity index is 1.75. The molecule has 210 valence electrons. The van der Waals surface area contributed by atoms with E-state index >= 15 is 0 Å². The maximum Gasteiger partial charge on any atom is 0.247 e. The number of methoxy groups -OCH3 is 2. The van der Waals surface area contributed by atoms with E-state index in [4.69, 9.17) is 19.4 Å². The number of aryl methyl sites for hydroxylation is 2. The molecule has 4 aromatic rings. The number of fused-ring (bicyclic) bond motifs is 1. The van der Waals surface area contributed by atoms with E-state index in [-0.39, 0.29) is 5.91 Å². The van der Waals surface area contributed by atoms with Crippen LogP contribution in [0.1, 0.15) is 11.4 Å². The molecular formula is C29H36N8O3. The van der Waals surface area contributed by atoms with Crippen LogP contribution in [-0.4, -0.2) is 78.8 Å². The minimum atomic E-state index is -0.314. The van der Waals surface area contributed by atoms with Crippen LogP contribution in [0, 0.1) is 13.8 Å². The highest BCUT2D eigenvalue weighted by Crippen LogP contribution is 2.38. The maximum atomic E-state index is 12.3. The van der Waals surface area contributed by atoms with Gasteiger partial charge in [-0.1, -0.05) is 6.58 Å². The predicted molar refractivity (Wildman–Crippen MR) is 160 cm³/mol. The highest BCUT2D eigenvalue weighted by Gasteiger charge is 2.18. The fourth-order valence-corrected chi connectivity index (χ4v) is 4.32. The topological polar surface area (TPSA) is 110 Å². The summed E-state index contributed by atoms with van der Waals surface area (Å²) in [7, 11) is 9.24. The summed E-state index contributed by atoms with van der Waals surface area (Å²) < 4.78 is 13.1. The van der Waals surface area contributed by atoms with Gasteiger partial charge in [-0.05, 0) is 52.2 Å². The quantitative estimate of drug-likeness (QED) is 0.267. The molecule has 0 bridgehead atoms. The number of rotatable bonds is 11. The number of aromatic nitrogens is 4. The van der Waals surface area contributed by atoms with Crippen molar-refractivity contribution in [3.63, 3.8) is 0 Å². The van der Waals surface area contributed by atoms with Crippen molar-refractivity contribution in [2.45, 2.75) is 13.8 Å². The van der Waals surface area contributed by atoms with E-state index in [9.17, 15) is 4.79 Å². The molecule has 11 heteroatoms. The fourth-order valence-electron chi connectivity index (χ4n) is 4.32. The molecule has 2 N–H and O–H groups in total. The summed E-state index contributed by atoms with van der Waals surface area (Å²) in [6, 6.07) is 9.46. The van der Waals surface area contributed by atoms with Crippen molar-refractivity contribution in [1.29, 1.82) is 0 Å². The number of benzene rings is 2. The number of imidazole rings is 1. The number of hydrogen-bond donors (Lipinski definition) is 2. The molecule has 40 heavy (non-hydrogen) atoms. The number of carbonyl (C=O) groups is 1. The van der Waals surface area contributed by atoms with Crippen LogP contribution in [0.5, 0.6) is 11.5 Å². The summed E-state index contributed by atoms with van der Waals surface area (Å²) in [6.45, 7) is 9.06. The summed E-state index contributed by atoms with van der Waals surface area (Å²) >= 11 is 0. The molecule has 0 unspecified atom stereocenters. The van der Waals surface area contributed by atoms with E-state index in [1.807, 2.05) is 69.9 Å². The first-order valence-corrected chi connectivity index (χ1v) is 12.8. The average molecular weight is 545 g/mol. The van der Waals surface area contributed by atoms with Crippen molar-refractivity contribution in [1.82, 2.24) is 24.4 Å². The number of likely N-dealkylation sites (N-methyl/N-ethyl adjacent to an activating group) is 2. The van der Waals surface area contributed by atoms with Crippen LogP contribution >= 0.6 is 0 Å². The molecule has 0 aliphatic carbocycles. The molecule has 0 saturated heterocycles. The zero-order valence-corrected chi connectivity index (χ0v) is 24.1. The van der Waals surface area contributed by atoms with Gasteiger partial charge in [-0.25, -0.2) is 9.97 Å². The number of hydrogen-bond acceptors (Lipinski definition) is 9. The second kappa shape index (κ2) is 12.0. The Morgan fingerprint density at radius 3 is 2.50 bits per heavy atom. The van der Waals surface area contributed by atoms with Gasteiger partial charge >= 0.3 is 0 Å². The lowest BCUT2D eigenvalue weighted by Gasteiger charge is -2.26. The van der Waals surface area contributed by atoms with Crippen molar-refractivity contribution in [2.75, 3.05) is 64.0 Å². The lowest BCUT2D eigenvalue weighted by molar-refractivity contribution is -0.111. The number of carbonyl (C=O) groups excluding carboxylic acids is 1. The van der Waals surface area contributed by atoms with Crippen molar-refractivity contribution >= 4 is 40.0 Å². The number of anilines is 4. The molecule has 11 nitrogen and oxygen atoms in total. The van der Waals surface area contributed by atoms with Crippen molar-refractivity contribution in [3.05, 3.63) is 60.6 Å².